The molecule has 0 saturated carbocycles. The highest BCUT2D eigenvalue weighted by atomic mass is 35.5. The number of hydrogen-bond donors (Lipinski definition) is 0. The number of rotatable bonds is 7. The maximum absolute atomic E-state index is 13.6. The van der Waals surface area contributed by atoms with Crippen molar-refractivity contribution in [2.75, 3.05) is 10.8 Å². The Labute approximate surface area is 180 Å². The van der Waals surface area contributed by atoms with E-state index < -0.39 is 10.0 Å². The lowest BCUT2D eigenvalue weighted by molar-refractivity contribution is 0.588. The molecular formula is C22H21ClN4O2S. The summed E-state index contributed by atoms with van der Waals surface area (Å²) < 4.78 is 30.2. The fraction of sp³-hybridized carbons (Fsp3) is 0.182. The molecule has 0 bridgehead atoms. The zero-order valence-corrected chi connectivity index (χ0v) is 18.0. The summed E-state index contributed by atoms with van der Waals surface area (Å²) in [6.07, 6.45) is 4.77. The third-order valence-corrected chi connectivity index (χ3v) is 6.84. The third-order valence-electron chi connectivity index (χ3n) is 4.81. The summed E-state index contributed by atoms with van der Waals surface area (Å²) in [5.41, 5.74) is 1.23. The molecular weight excluding hydrogens is 420 g/mol. The average molecular weight is 441 g/mol. The van der Waals surface area contributed by atoms with E-state index in [2.05, 4.69) is 10.1 Å². The number of anilines is 1. The van der Waals surface area contributed by atoms with Crippen LogP contribution in [0.1, 0.15) is 19.8 Å². The Hall–Kier alpha value is -2.90. The van der Waals surface area contributed by atoms with Gasteiger partial charge in [-0.15, -0.1) is 0 Å². The smallest absolute Gasteiger partial charge is 0.262 e. The second kappa shape index (κ2) is 8.45. The minimum Gasteiger partial charge on any atom is -0.262 e. The first kappa shape index (κ1) is 20.4. The summed E-state index contributed by atoms with van der Waals surface area (Å²) in [5.74, 6) is 0.413. The van der Waals surface area contributed by atoms with E-state index in [1.54, 1.807) is 47.3 Å². The number of benzene rings is 2. The van der Waals surface area contributed by atoms with Gasteiger partial charge in [0.2, 0.25) is 0 Å². The van der Waals surface area contributed by atoms with Gasteiger partial charge in [0, 0.05) is 18.1 Å². The molecule has 2 aromatic carbocycles. The van der Waals surface area contributed by atoms with E-state index in [0.717, 1.165) is 17.3 Å². The molecule has 154 valence electrons. The molecule has 0 radical (unpaired) electrons. The van der Waals surface area contributed by atoms with Crippen molar-refractivity contribution in [1.29, 1.82) is 0 Å². The zero-order chi connectivity index (χ0) is 21.1. The predicted molar refractivity (Wildman–Crippen MR) is 120 cm³/mol. The van der Waals surface area contributed by atoms with E-state index in [1.807, 2.05) is 31.2 Å². The summed E-state index contributed by atoms with van der Waals surface area (Å²) in [6, 6.07) is 17.7. The Bertz CT molecular complexity index is 1270. The average Bonchev–Trinajstić information content (AvgIpc) is 3.19. The summed E-state index contributed by atoms with van der Waals surface area (Å²) in [7, 11) is -3.82. The number of sulfonamides is 1. The molecule has 0 fully saturated rings. The van der Waals surface area contributed by atoms with Crippen molar-refractivity contribution in [3.63, 3.8) is 0 Å². The van der Waals surface area contributed by atoms with Gasteiger partial charge in [-0.2, -0.15) is 5.10 Å². The third kappa shape index (κ3) is 3.78. The molecule has 30 heavy (non-hydrogen) atoms. The summed E-state index contributed by atoms with van der Waals surface area (Å²) in [5, 5.41) is 5.76. The van der Waals surface area contributed by atoms with Crippen LogP contribution in [0.5, 0.6) is 0 Å². The number of unbranched alkanes of at least 4 members (excludes halogenated alkanes) is 1. The van der Waals surface area contributed by atoms with Crippen LogP contribution in [0.3, 0.4) is 0 Å². The van der Waals surface area contributed by atoms with Crippen molar-refractivity contribution in [3.05, 3.63) is 78.1 Å². The monoisotopic (exact) mass is 440 g/mol. The highest BCUT2D eigenvalue weighted by Crippen LogP contribution is 2.32. The lowest BCUT2D eigenvalue weighted by Gasteiger charge is -2.26. The molecule has 0 aliphatic rings. The van der Waals surface area contributed by atoms with E-state index in [9.17, 15) is 8.42 Å². The Morgan fingerprint density at radius 3 is 2.53 bits per heavy atom. The van der Waals surface area contributed by atoms with Gasteiger partial charge in [0.1, 0.15) is 0 Å². The quantitative estimate of drug-likeness (QED) is 0.402. The van der Waals surface area contributed by atoms with Gasteiger partial charge in [0.25, 0.3) is 10.0 Å². The van der Waals surface area contributed by atoms with Crippen LogP contribution >= 0.6 is 11.6 Å². The minimum absolute atomic E-state index is 0.220. The van der Waals surface area contributed by atoms with Crippen LogP contribution in [0.4, 0.5) is 5.69 Å². The van der Waals surface area contributed by atoms with Gasteiger partial charge in [-0.05, 0) is 30.7 Å². The number of aromatic nitrogens is 3. The van der Waals surface area contributed by atoms with Crippen LogP contribution in [-0.2, 0) is 10.0 Å². The van der Waals surface area contributed by atoms with Gasteiger partial charge in [0.15, 0.2) is 5.82 Å². The SMILES string of the molecule is CCCCN(c1cc(Cl)cnc1-n1ncc2ccccc21)S(=O)(=O)c1ccccc1. The molecule has 0 spiro atoms. The van der Waals surface area contributed by atoms with Crippen molar-refractivity contribution in [2.45, 2.75) is 24.7 Å². The van der Waals surface area contributed by atoms with Crippen molar-refractivity contribution in [2.24, 2.45) is 0 Å². The lowest BCUT2D eigenvalue weighted by Crippen LogP contribution is -2.33. The van der Waals surface area contributed by atoms with E-state index in [-0.39, 0.29) is 4.90 Å². The van der Waals surface area contributed by atoms with E-state index in [0.29, 0.717) is 29.5 Å². The maximum Gasteiger partial charge on any atom is 0.264 e. The largest absolute Gasteiger partial charge is 0.264 e. The van der Waals surface area contributed by atoms with Gasteiger partial charge in [0.05, 0.1) is 27.3 Å². The van der Waals surface area contributed by atoms with E-state index >= 15 is 0 Å². The molecule has 0 unspecified atom stereocenters. The predicted octanol–water partition coefficient (Wildman–Crippen LogP) is 5.07. The molecule has 0 N–H and O–H groups in total. The maximum atomic E-state index is 13.6. The number of para-hydroxylation sites is 1. The number of nitrogens with zero attached hydrogens (tertiary/aromatic N) is 4. The van der Waals surface area contributed by atoms with Gasteiger partial charge >= 0.3 is 0 Å². The molecule has 0 aliphatic heterocycles. The van der Waals surface area contributed by atoms with E-state index in [1.165, 1.54) is 10.5 Å². The Morgan fingerprint density at radius 1 is 1.03 bits per heavy atom. The molecule has 0 atom stereocenters. The topological polar surface area (TPSA) is 68.1 Å². The first-order valence-electron chi connectivity index (χ1n) is 9.69. The normalized spacial score (nSPS) is 11.7. The van der Waals surface area contributed by atoms with Crippen LogP contribution in [-0.4, -0.2) is 29.7 Å². The molecule has 2 heterocycles. The molecule has 6 nitrogen and oxygen atoms in total. The van der Waals surface area contributed by atoms with Crippen LogP contribution in [0.15, 0.2) is 78.0 Å². The minimum atomic E-state index is -3.82. The van der Waals surface area contributed by atoms with Crippen molar-refractivity contribution < 1.29 is 8.42 Å². The van der Waals surface area contributed by atoms with Gasteiger partial charge in [-0.3, -0.25) is 4.31 Å². The molecule has 0 aliphatic carbocycles. The first-order valence-corrected chi connectivity index (χ1v) is 11.5. The molecule has 4 rings (SSSR count). The Morgan fingerprint density at radius 2 is 1.77 bits per heavy atom. The number of hydrogen-bond acceptors (Lipinski definition) is 4. The fourth-order valence-corrected chi connectivity index (χ4v) is 4.97. The number of fused-ring (bicyclic) bond motifs is 1. The molecule has 8 heteroatoms. The second-order valence-electron chi connectivity index (χ2n) is 6.86. The van der Waals surface area contributed by atoms with E-state index in [4.69, 9.17) is 11.6 Å². The van der Waals surface area contributed by atoms with Gasteiger partial charge in [-0.25, -0.2) is 18.1 Å². The Balaban J connectivity index is 1.93. The van der Waals surface area contributed by atoms with Gasteiger partial charge < -0.3 is 0 Å². The van der Waals surface area contributed by atoms with Crippen LogP contribution < -0.4 is 4.31 Å². The number of halogens is 1. The van der Waals surface area contributed by atoms with Crippen LogP contribution in [0, 0.1) is 0 Å². The fourth-order valence-electron chi connectivity index (χ4n) is 3.30. The lowest BCUT2D eigenvalue weighted by atomic mass is 10.2. The van der Waals surface area contributed by atoms with Crippen LogP contribution in [0.2, 0.25) is 5.02 Å². The van der Waals surface area contributed by atoms with Crippen molar-refractivity contribution in [1.82, 2.24) is 14.8 Å². The summed E-state index contributed by atoms with van der Waals surface area (Å²) in [4.78, 5) is 4.69. The van der Waals surface area contributed by atoms with Gasteiger partial charge in [-0.1, -0.05) is 61.3 Å². The second-order valence-corrected chi connectivity index (χ2v) is 9.15. The zero-order valence-electron chi connectivity index (χ0n) is 16.4. The van der Waals surface area contributed by atoms with Crippen molar-refractivity contribution in [3.8, 4) is 5.82 Å². The molecule has 4 aromatic rings. The standard InChI is InChI=1S/C22H21ClN4O2S/c1-2-3-13-26(30(28,29)19-10-5-4-6-11-19)21-14-18(23)16-24-22(21)27-20-12-8-7-9-17(20)15-25-27/h4-12,14-16H,2-3,13H2,1H3. The summed E-state index contributed by atoms with van der Waals surface area (Å²) in [6.45, 7) is 2.33. The highest BCUT2D eigenvalue weighted by molar-refractivity contribution is 7.92. The Kier molecular flexibility index (Phi) is 5.74. The van der Waals surface area contributed by atoms with Crippen molar-refractivity contribution >= 4 is 38.2 Å². The van der Waals surface area contributed by atoms with Crippen LogP contribution in [0.25, 0.3) is 16.7 Å². The highest BCUT2D eigenvalue weighted by Gasteiger charge is 2.28. The molecule has 2 aromatic heterocycles. The first-order chi connectivity index (χ1) is 14.5. The molecule has 0 saturated heterocycles. The number of pyridine rings is 1. The summed E-state index contributed by atoms with van der Waals surface area (Å²) >= 11 is 6.26. The molecule has 0 amide bonds.